The monoisotopic (exact) mass is 206 g/mol. The van der Waals surface area contributed by atoms with Gasteiger partial charge in [0.15, 0.2) is 0 Å². The van der Waals surface area contributed by atoms with Crippen LogP contribution in [0.25, 0.3) is 0 Å². The highest BCUT2D eigenvalue weighted by atomic mass is 15.1. The van der Waals surface area contributed by atoms with Gasteiger partial charge in [0.25, 0.3) is 0 Å². The SMILES string of the molecule is CCC(CC#N)NCc1c(C)n[nH]c1C. The Morgan fingerprint density at radius 2 is 2.27 bits per heavy atom. The lowest BCUT2D eigenvalue weighted by Crippen LogP contribution is -2.27. The van der Waals surface area contributed by atoms with E-state index in [-0.39, 0.29) is 6.04 Å². The quantitative estimate of drug-likeness (QED) is 0.772. The number of H-pyrrole nitrogens is 1. The second kappa shape index (κ2) is 5.52. The smallest absolute Gasteiger partial charge is 0.0638 e. The van der Waals surface area contributed by atoms with Gasteiger partial charge in [-0.15, -0.1) is 0 Å². The Labute approximate surface area is 90.7 Å². The minimum Gasteiger partial charge on any atom is -0.309 e. The third-order valence-corrected chi connectivity index (χ3v) is 2.68. The highest BCUT2D eigenvalue weighted by Crippen LogP contribution is 2.09. The van der Waals surface area contributed by atoms with Gasteiger partial charge in [0.05, 0.1) is 18.2 Å². The molecule has 0 fully saturated rings. The molecule has 0 saturated heterocycles. The Balaban J connectivity index is 2.53. The largest absolute Gasteiger partial charge is 0.309 e. The molecule has 1 heterocycles. The predicted octanol–water partition coefficient (Wildman–Crippen LogP) is 1.81. The highest BCUT2D eigenvalue weighted by Gasteiger charge is 2.09. The van der Waals surface area contributed by atoms with Crippen LogP contribution in [0, 0.1) is 25.2 Å². The molecule has 0 aromatic carbocycles. The van der Waals surface area contributed by atoms with Crippen LogP contribution in [0.4, 0.5) is 0 Å². The normalized spacial score (nSPS) is 12.4. The van der Waals surface area contributed by atoms with Crippen molar-refractivity contribution in [3.8, 4) is 6.07 Å². The van der Waals surface area contributed by atoms with E-state index in [1.165, 1.54) is 5.56 Å². The molecule has 0 aliphatic rings. The molecule has 1 unspecified atom stereocenters. The molecule has 1 aromatic rings. The fraction of sp³-hybridized carbons (Fsp3) is 0.636. The predicted molar refractivity (Wildman–Crippen MR) is 59.2 cm³/mol. The molecular weight excluding hydrogens is 188 g/mol. The first kappa shape index (κ1) is 11.7. The van der Waals surface area contributed by atoms with Crippen LogP contribution in [-0.4, -0.2) is 16.2 Å². The number of hydrogen-bond donors (Lipinski definition) is 2. The molecular formula is C11H18N4. The van der Waals surface area contributed by atoms with Crippen molar-refractivity contribution in [2.75, 3.05) is 0 Å². The summed E-state index contributed by atoms with van der Waals surface area (Å²) in [6, 6.07) is 2.47. The summed E-state index contributed by atoms with van der Waals surface area (Å²) in [6.45, 7) is 6.88. The van der Waals surface area contributed by atoms with E-state index in [4.69, 9.17) is 5.26 Å². The molecule has 0 aliphatic carbocycles. The molecule has 0 radical (unpaired) electrons. The zero-order valence-corrected chi connectivity index (χ0v) is 9.59. The number of aryl methyl sites for hydroxylation is 2. The molecule has 15 heavy (non-hydrogen) atoms. The summed E-state index contributed by atoms with van der Waals surface area (Å²) in [4.78, 5) is 0. The molecule has 0 amide bonds. The lowest BCUT2D eigenvalue weighted by Gasteiger charge is -2.13. The molecule has 0 spiro atoms. The number of nitriles is 1. The molecule has 4 heteroatoms. The summed E-state index contributed by atoms with van der Waals surface area (Å²) >= 11 is 0. The van der Waals surface area contributed by atoms with E-state index in [1.54, 1.807) is 0 Å². The molecule has 4 nitrogen and oxygen atoms in total. The lowest BCUT2D eigenvalue weighted by atomic mass is 10.1. The number of aromatic amines is 1. The summed E-state index contributed by atoms with van der Waals surface area (Å²) in [7, 11) is 0. The van der Waals surface area contributed by atoms with E-state index < -0.39 is 0 Å². The Bertz CT molecular complexity index is 328. The number of nitrogens with one attached hydrogen (secondary N) is 2. The van der Waals surface area contributed by atoms with Crippen LogP contribution in [-0.2, 0) is 6.54 Å². The number of hydrogen-bond acceptors (Lipinski definition) is 3. The van der Waals surface area contributed by atoms with Gasteiger partial charge >= 0.3 is 0 Å². The van der Waals surface area contributed by atoms with E-state index in [0.717, 1.165) is 24.4 Å². The summed E-state index contributed by atoms with van der Waals surface area (Å²) in [5.74, 6) is 0. The average Bonchev–Trinajstić information content (AvgIpc) is 2.54. The van der Waals surface area contributed by atoms with Gasteiger partial charge in [-0.05, 0) is 20.3 Å². The number of rotatable bonds is 5. The van der Waals surface area contributed by atoms with Crippen molar-refractivity contribution in [3.05, 3.63) is 17.0 Å². The molecule has 82 valence electrons. The van der Waals surface area contributed by atoms with Gasteiger partial charge in [0, 0.05) is 23.8 Å². The van der Waals surface area contributed by atoms with Crippen molar-refractivity contribution in [1.29, 1.82) is 5.26 Å². The van der Waals surface area contributed by atoms with Crippen molar-refractivity contribution in [1.82, 2.24) is 15.5 Å². The van der Waals surface area contributed by atoms with E-state index >= 15 is 0 Å². The first-order valence-electron chi connectivity index (χ1n) is 5.29. The molecule has 1 rings (SSSR count). The maximum absolute atomic E-state index is 8.63. The minimum absolute atomic E-state index is 0.281. The maximum Gasteiger partial charge on any atom is 0.0638 e. The van der Waals surface area contributed by atoms with Crippen LogP contribution in [0.1, 0.15) is 36.7 Å². The summed E-state index contributed by atoms with van der Waals surface area (Å²) in [5, 5.41) is 19.1. The van der Waals surface area contributed by atoms with Crippen molar-refractivity contribution >= 4 is 0 Å². The maximum atomic E-state index is 8.63. The molecule has 1 atom stereocenters. The lowest BCUT2D eigenvalue weighted by molar-refractivity contribution is 0.503. The zero-order valence-electron chi connectivity index (χ0n) is 9.59. The first-order valence-corrected chi connectivity index (χ1v) is 5.29. The van der Waals surface area contributed by atoms with Gasteiger partial charge in [0.2, 0.25) is 0 Å². The Kier molecular flexibility index (Phi) is 4.32. The zero-order chi connectivity index (χ0) is 11.3. The fourth-order valence-electron chi connectivity index (χ4n) is 1.55. The van der Waals surface area contributed by atoms with Crippen molar-refractivity contribution in [3.63, 3.8) is 0 Å². The minimum atomic E-state index is 0.281. The van der Waals surface area contributed by atoms with Gasteiger partial charge in [-0.3, -0.25) is 5.10 Å². The van der Waals surface area contributed by atoms with E-state index in [2.05, 4.69) is 28.5 Å². The van der Waals surface area contributed by atoms with Gasteiger partial charge in [-0.2, -0.15) is 10.4 Å². The molecule has 1 aromatic heterocycles. The molecule has 0 aliphatic heterocycles. The Morgan fingerprint density at radius 1 is 1.53 bits per heavy atom. The summed E-state index contributed by atoms with van der Waals surface area (Å²) in [6.07, 6.45) is 1.54. The highest BCUT2D eigenvalue weighted by molar-refractivity contribution is 5.22. The summed E-state index contributed by atoms with van der Waals surface area (Å²) < 4.78 is 0. The van der Waals surface area contributed by atoms with Gasteiger partial charge in [-0.1, -0.05) is 6.92 Å². The molecule has 0 saturated carbocycles. The number of aromatic nitrogens is 2. The average molecular weight is 206 g/mol. The van der Waals surface area contributed by atoms with Crippen LogP contribution in [0.2, 0.25) is 0 Å². The van der Waals surface area contributed by atoms with Crippen LogP contribution >= 0.6 is 0 Å². The van der Waals surface area contributed by atoms with Crippen LogP contribution in [0.5, 0.6) is 0 Å². The number of nitrogens with zero attached hydrogens (tertiary/aromatic N) is 2. The topological polar surface area (TPSA) is 64.5 Å². The molecule has 0 bridgehead atoms. The Morgan fingerprint density at radius 3 is 2.73 bits per heavy atom. The van der Waals surface area contributed by atoms with Gasteiger partial charge < -0.3 is 5.32 Å². The van der Waals surface area contributed by atoms with Crippen LogP contribution in [0.15, 0.2) is 0 Å². The van der Waals surface area contributed by atoms with Gasteiger partial charge in [0.1, 0.15) is 0 Å². The third kappa shape index (κ3) is 3.07. The Hall–Kier alpha value is -1.34. The molecule has 2 N–H and O–H groups in total. The fourth-order valence-corrected chi connectivity index (χ4v) is 1.55. The second-order valence-corrected chi connectivity index (χ2v) is 3.76. The van der Waals surface area contributed by atoms with Crippen molar-refractivity contribution in [2.24, 2.45) is 0 Å². The van der Waals surface area contributed by atoms with Gasteiger partial charge in [-0.25, -0.2) is 0 Å². The van der Waals surface area contributed by atoms with Crippen molar-refractivity contribution in [2.45, 2.75) is 46.2 Å². The standard InChI is InChI=1S/C11H18N4/c1-4-10(5-6-12)13-7-11-8(2)14-15-9(11)3/h10,13H,4-5,7H2,1-3H3,(H,14,15). The van der Waals surface area contributed by atoms with Crippen molar-refractivity contribution < 1.29 is 0 Å². The van der Waals surface area contributed by atoms with Crippen LogP contribution in [0.3, 0.4) is 0 Å². The third-order valence-electron chi connectivity index (χ3n) is 2.68. The summed E-state index contributed by atoms with van der Waals surface area (Å²) in [5.41, 5.74) is 3.35. The van der Waals surface area contributed by atoms with E-state index in [9.17, 15) is 0 Å². The van der Waals surface area contributed by atoms with E-state index in [1.807, 2.05) is 13.8 Å². The van der Waals surface area contributed by atoms with E-state index in [0.29, 0.717) is 6.42 Å². The first-order chi connectivity index (χ1) is 7.19. The second-order valence-electron chi connectivity index (χ2n) is 3.76. The van der Waals surface area contributed by atoms with Crippen LogP contribution < -0.4 is 5.32 Å².